The highest BCUT2D eigenvalue weighted by atomic mass is 35.5. The second-order valence-corrected chi connectivity index (χ2v) is 2.83. The Morgan fingerprint density at radius 1 is 1.54 bits per heavy atom. The predicted molar refractivity (Wildman–Crippen MR) is 51.6 cm³/mol. The minimum absolute atomic E-state index is 0.00147. The first-order valence-electron chi connectivity index (χ1n) is 4.14. The van der Waals surface area contributed by atoms with Crippen molar-refractivity contribution in [2.45, 2.75) is 19.3 Å². The lowest BCUT2D eigenvalue weighted by molar-refractivity contribution is -0.121. The van der Waals surface area contributed by atoms with Crippen molar-refractivity contribution in [1.29, 1.82) is 0 Å². The largest absolute Gasteiger partial charge is 0.355 e. The number of hydrogen-bond acceptors (Lipinski definition) is 2. The van der Waals surface area contributed by atoms with Gasteiger partial charge in [0.05, 0.1) is 0 Å². The van der Waals surface area contributed by atoms with Gasteiger partial charge in [-0.2, -0.15) is 0 Å². The van der Waals surface area contributed by atoms with E-state index in [9.17, 15) is 4.79 Å². The number of carbonyl (C=O) groups is 1. The number of carbonyl (C=O) groups excluding carboxylic acids is 1. The van der Waals surface area contributed by atoms with E-state index in [-0.39, 0.29) is 5.91 Å². The molecule has 0 aliphatic heterocycles. The molecule has 0 saturated carbocycles. The molecule has 1 N–H and O–H groups in total. The van der Waals surface area contributed by atoms with E-state index < -0.39 is 0 Å². The number of halogens is 1. The lowest BCUT2D eigenvalue weighted by Gasteiger charge is -2.00. The number of nitrogens with zero attached hydrogens (tertiary/aromatic N) is 3. The van der Waals surface area contributed by atoms with Gasteiger partial charge in [-0.05, 0) is 18.4 Å². The molecule has 0 aromatic heterocycles. The van der Waals surface area contributed by atoms with Gasteiger partial charge in [0, 0.05) is 30.3 Å². The lowest BCUT2D eigenvalue weighted by atomic mass is 10.2. The van der Waals surface area contributed by atoms with Gasteiger partial charge in [-0.15, -0.1) is 11.6 Å². The van der Waals surface area contributed by atoms with E-state index in [1.807, 2.05) is 0 Å². The van der Waals surface area contributed by atoms with Crippen molar-refractivity contribution >= 4 is 17.5 Å². The quantitative estimate of drug-likeness (QED) is 0.222. The SMILES string of the molecule is [N-]=[N+]=NCCCCC(=O)NCCCl. The molecule has 74 valence electrons. The summed E-state index contributed by atoms with van der Waals surface area (Å²) in [5.74, 6) is 0.436. The van der Waals surface area contributed by atoms with Crippen molar-refractivity contribution in [2.75, 3.05) is 19.0 Å². The zero-order valence-corrected chi connectivity index (χ0v) is 8.13. The molecule has 0 radical (unpaired) electrons. The van der Waals surface area contributed by atoms with Crippen LogP contribution in [0.25, 0.3) is 10.4 Å². The summed E-state index contributed by atoms with van der Waals surface area (Å²) in [6.45, 7) is 0.968. The molecule has 0 atom stereocenters. The number of nitrogens with one attached hydrogen (secondary N) is 1. The highest BCUT2D eigenvalue weighted by Crippen LogP contribution is 1.95. The van der Waals surface area contributed by atoms with Gasteiger partial charge in [0.2, 0.25) is 5.91 Å². The van der Waals surface area contributed by atoms with Crippen LogP contribution in [0, 0.1) is 0 Å². The van der Waals surface area contributed by atoms with Crippen molar-refractivity contribution < 1.29 is 4.79 Å². The predicted octanol–water partition coefficient (Wildman–Crippen LogP) is 1.82. The van der Waals surface area contributed by atoms with Gasteiger partial charge in [-0.25, -0.2) is 0 Å². The second kappa shape index (κ2) is 9.16. The average molecular weight is 205 g/mol. The summed E-state index contributed by atoms with van der Waals surface area (Å²) >= 11 is 5.38. The molecule has 0 aliphatic rings. The van der Waals surface area contributed by atoms with Crippen molar-refractivity contribution in [2.24, 2.45) is 5.11 Å². The molecule has 5 nitrogen and oxygen atoms in total. The third-order valence-electron chi connectivity index (χ3n) is 1.39. The fourth-order valence-corrected chi connectivity index (χ4v) is 0.882. The summed E-state index contributed by atoms with van der Waals surface area (Å²) in [6, 6.07) is 0. The fourth-order valence-electron chi connectivity index (χ4n) is 0.788. The first kappa shape index (κ1) is 12.1. The molecular weight excluding hydrogens is 192 g/mol. The molecule has 0 fully saturated rings. The second-order valence-electron chi connectivity index (χ2n) is 2.45. The zero-order valence-electron chi connectivity index (χ0n) is 7.37. The molecule has 0 heterocycles. The van der Waals surface area contributed by atoms with Crippen molar-refractivity contribution in [3.63, 3.8) is 0 Å². The molecule has 0 aromatic carbocycles. The van der Waals surface area contributed by atoms with Gasteiger partial charge in [0.1, 0.15) is 0 Å². The molecule has 0 aromatic rings. The van der Waals surface area contributed by atoms with Crippen LogP contribution in [-0.2, 0) is 4.79 Å². The van der Waals surface area contributed by atoms with Crippen molar-refractivity contribution in [1.82, 2.24) is 5.32 Å². The average Bonchev–Trinajstić information content (AvgIpc) is 2.14. The summed E-state index contributed by atoms with van der Waals surface area (Å²) in [6.07, 6.45) is 1.96. The zero-order chi connectivity index (χ0) is 9.94. The monoisotopic (exact) mass is 204 g/mol. The van der Waals surface area contributed by atoms with E-state index in [0.29, 0.717) is 25.4 Å². The van der Waals surface area contributed by atoms with E-state index in [2.05, 4.69) is 15.3 Å². The number of azide groups is 1. The van der Waals surface area contributed by atoms with Crippen LogP contribution in [0.5, 0.6) is 0 Å². The number of unbranched alkanes of at least 4 members (excludes halogenated alkanes) is 1. The summed E-state index contributed by atoms with van der Waals surface area (Å²) in [5, 5.41) is 6.01. The smallest absolute Gasteiger partial charge is 0.220 e. The Balaban J connectivity index is 3.21. The highest BCUT2D eigenvalue weighted by molar-refractivity contribution is 6.18. The Labute approximate surface area is 82.1 Å². The number of rotatable bonds is 7. The van der Waals surface area contributed by atoms with Crippen molar-refractivity contribution in [3.8, 4) is 0 Å². The highest BCUT2D eigenvalue weighted by Gasteiger charge is 1.98. The number of hydrogen-bond donors (Lipinski definition) is 1. The fraction of sp³-hybridized carbons (Fsp3) is 0.857. The Morgan fingerprint density at radius 2 is 2.31 bits per heavy atom. The first-order chi connectivity index (χ1) is 6.31. The van der Waals surface area contributed by atoms with Crippen molar-refractivity contribution in [3.05, 3.63) is 10.4 Å². The molecule has 6 heteroatoms. The van der Waals surface area contributed by atoms with E-state index in [4.69, 9.17) is 17.1 Å². The normalized spacial score (nSPS) is 9.00. The van der Waals surface area contributed by atoms with Gasteiger partial charge in [-0.1, -0.05) is 5.11 Å². The molecule has 0 bridgehead atoms. The maximum atomic E-state index is 11.0. The van der Waals surface area contributed by atoms with Crippen LogP contribution in [0.1, 0.15) is 19.3 Å². The van der Waals surface area contributed by atoms with Crippen LogP contribution in [0.15, 0.2) is 5.11 Å². The summed E-state index contributed by atoms with van der Waals surface area (Å²) in [5.41, 5.74) is 7.96. The van der Waals surface area contributed by atoms with E-state index in [1.54, 1.807) is 0 Å². The third kappa shape index (κ3) is 8.98. The summed E-state index contributed by atoms with van der Waals surface area (Å²) < 4.78 is 0. The topological polar surface area (TPSA) is 77.9 Å². The Bertz CT molecular complexity index is 191. The molecule has 0 unspecified atom stereocenters. The molecule has 0 aliphatic carbocycles. The first-order valence-corrected chi connectivity index (χ1v) is 4.68. The van der Waals surface area contributed by atoms with Crippen LogP contribution in [0.2, 0.25) is 0 Å². The number of amides is 1. The standard InChI is InChI=1S/C7H13ClN4O/c8-4-6-10-7(13)3-1-2-5-11-12-9/h1-6H2,(H,10,13). The minimum atomic E-state index is 0.00147. The van der Waals surface area contributed by atoms with Gasteiger partial charge < -0.3 is 5.32 Å². The van der Waals surface area contributed by atoms with E-state index in [0.717, 1.165) is 12.8 Å². The van der Waals surface area contributed by atoms with Gasteiger partial charge in [0.15, 0.2) is 0 Å². The Morgan fingerprint density at radius 3 is 2.92 bits per heavy atom. The lowest BCUT2D eigenvalue weighted by Crippen LogP contribution is -2.24. The molecule has 0 rings (SSSR count). The van der Waals surface area contributed by atoms with Crippen LogP contribution >= 0.6 is 11.6 Å². The maximum absolute atomic E-state index is 11.0. The summed E-state index contributed by atoms with van der Waals surface area (Å²) in [4.78, 5) is 13.6. The van der Waals surface area contributed by atoms with Gasteiger partial charge >= 0.3 is 0 Å². The Hall–Kier alpha value is -0.930. The van der Waals surface area contributed by atoms with Crippen LogP contribution in [0.4, 0.5) is 0 Å². The molecule has 1 amide bonds. The van der Waals surface area contributed by atoms with E-state index in [1.165, 1.54) is 0 Å². The molecule has 0 saturated heterocycles. The molecule has 13 heavy (non-hydrogen) atoms. The number of alkyl halides is 1. The Kier molecular flexibility index (Phi) is 8.51. The molecule has 0 spiro atoms. The summed E-state index contributed by atoms with van der Waals surface area (Å²) in [7, 11) is 0. The van der Waals surface area contributed by atoms with E-state index >= 15 is 0 Å². The van der Waals surface area contributed by atoms with Crippen LogP contribution < -0.4 is 5.32 Å². The van der Waals surface area contributed by atoms with Crippen LogP contribution in [0.3, 0.4) is 0 Å². The maximum Gasteiger partial charge on any atom is 0.220 e. The third-order valence-corrected chi connectivity index (χ3v) is 1.58. The van der Waals surface area contributed by atoms with Gasteiger partial charge in [-0.3, -0.25) is 4.79 Å². The van der Waals surface area contributed by atoms with Gasteiger partial charge in [0.25, 0.3) is 0 Å². The minimum Gasteiger partial charge on any atom is -0.355 e. The van der Waals surface area contributed by atoms with Crippen LogP contribution in [-0.4, -0.2) is 24.9 Å². The molecular formula is C7H13ClN4O.